The normalized spacial score (nSPS) is 16.6. The van der Waals surface area contributed by atoms with Gasteiger partial charge in [0.2, 0.25) is 5.95 Å². The number of unbranched alkanes of at least 4 members (excludes halogenated alkanes) is 4. The molecule has 2 rings (SSSR count). The first-order chi connectivity index (χ1) is 9.90. The maximum absolute atomic E-state index is 4.33. The van der Waals surface area contributed by atoms with Crippen molar-refractivity contribution in [2.75, 3.05) is 24.5 Å². The van der Waals surface area contributed by atoms with E-state index in [0.717, 1.165) is 19.0 Å². The van der Waals surface area contributed by atoms with Gasteiger partial charge in [-0.2, -0.15) is 0 Å². The SMILES string of the molecule is CCCCCCCNC1CCN(c2ncccn2)CC1. The number of hydrogen-bond acceptors (Lipinski definition) is 4. The number of rotatable bonds is 8. The van der Waals surface area contributed by atoms with Crippen LogP contribution in [0, 0.1) is 0 Å². The van der Waals surface area contributed by atoms with Gasteiger partial charge in [-0.25, -0.2) is 9.97 Å². The van der Waals surface area contributed by atoms with Crippen molar-refractivity contribution in [2.45, 2.75) is 57.9 Å². The second-order valence-corrected chi connectivity index (χ2v) is 5.68. The van der Waals surface area contributed by atoms with Gasteiger partial charge in [-0.05, 0) is 31.9 Å². The number of anilines is 1. The molecule has 0 radical (unpaired) electrons. The van der Waals surface area contributed by atoms with E-state index in [1.807, 2.05) is 18.5 Å². The van der Waals surface area contributed by atoms with Crippen LogP contribution in [-0.2, 0) is 0 Å². The number of nitrogens with zero attached hydrogens (tertiary/aromatic N) is 3. The van der Waals surface area contributed by atoms with Crippen LogP contribution in [0.15, 0.2) is 18.5 Å². The standard InChI is InChI=1S/C16H28N4/c1-2-3-4-5-6-10-17-15-8-13-20(14-9-15)16-18-11-7-12-19-16/h7,11-12,15,17H,2-6,8-10,13-14H2,1H3. The lowest BCUT2D eigenvalue weighted by molar-refractivity contribution is 0.406. The lowest BCUT2D eigenvalue weighted by atomic mass is 10.0. The van der Waals surface area contributed by atoms with Crippen molar-refractivity contribution in [3.63, 3.8) is 0 Å². The van der Waals surface area contributed by atoms with Gasteiger partial charge in [-0.15, -0.1) is 0 Å². The van der Waals surface area contributed by atoms with E-state index in [1.54, 1.807) is 0 Å². The predicted molar refractivity (Wildman–Crippen MR) is 84.0 cm³/mol. The molecule has 0 unspecified atom stereocenters. The molecule has 1 aliphatic rings. The number of piperidine rings is 1. The largest absolute Gasteiger partial charge is 0.341 e. The van der Waals surface area contributed by atoms with Crippen LogP contribution < -0.4 is 10.2 Å². The Morgan fingerprint density at radius 2 is 1.80 bits per heavy atom. The molecular formula is C16H28N4. The van der Waals surface area contributed by atoms with Gasteiger partial charge in [-0.3, -0.25) is 0 Å². The zero-order chi connectivity index (χ0) is 14.0. The first-order valence-corrected chi connectivity index (χ1v) is 8.15. The maximum Gasteiger partial charge on any atom is 0.225 e. The van der Waals surface area contributed by atoms with Gasteiger partial charge in [0.25, 0.3) is 0 Å². The fourth-order valence-electron chi connectivity index (χ4n) is 2.77. The fourth-order valence-corrected chi connectivity index (χ4v) is 2.77. The fraction of sp³-hybridized carbons (Fsp3) is 0.750. The van der Waals surface area contributed by atoms with Gasteiger partial charge in [0.05, 0.1) is 0 Å². The van der Waals surface area contributed by atoms with E-state index in [1.165, 1.54) is 51.5 Å². The third-order valence-electron chi connectivity index (χ3n) is 4.04. The van der Waals surface area contributed by atoms with Gasteiger partial charge in [0.15, 0.2) is 0 Å². The molecule has 1 N–H and O–H groups in total. The Balaban J connectivity index is 1.58. The molecule has 4 nitrogen and oxygen atoms in total. The Kier molecular flexibility index (Phi) is 6.78. The monoisotopic (exact) mass is 276 g/mol. The number of hydrogen-bond donors (Lipinski definition) is 1. The molecule has 0 bridgehead atoms. The van der Waals surface area contributed by atoms with Crippen LogP contribution >= 0.6 is 0 Å². The van der Waals surface area contributed by atoms with E-state index in [-0.39, 0.29) is 0 Å². The summed E-state index contributed by atoms with van der Waals surface area (Å²) >= 11 is 0. The van der Waals surface area contributed by atoms with E-state index in [9.17, 15) is 0 Å². The lowest BCUT2D eigenvalue weighted by Crippen LogP contribution is -2.43. The van der Waals surface area contributed by atoms with Crippen molar-refractivity contribution in [3.8, 4) is 0 Å². The van der Waals surface area contributed by atoms with E-state index < -0.39 is 0 Å². The zero-order valence-corrected chi connectivity index (χ0v) is 12.7. The summed E-state index contributed by atoms with van der Waals surface area (Å²) in [5, 5.41) is 3.70. The average molecular weight is 276 g/mol. The molecule has 0 saturated carbocycles. The minimum absolute atomic E-state index is 0.682. The molecule has 1 aromatic rings. The average Bonchev–Trinajstić information content (AvgIpc) is 2.52. The summed E-state index contributed by atoms with van der Waals surface area (Å²) in [5.74, 6) is 0.880. The topological polar surface area (TPSA) is 41.0 Å². The highest BCUT2D eigenvalue weighted by Crippen LogP contribution is 2.15. The molecule has 1 saturated heterocycles. The Hall–Kier alpha value is -1.16. The van der Waals surface area contributed by atoms with Crippen LogP contribution in [-0.4, -0.2) is 35.6 Å². The first-order valence-electron chi connectivity index (χ1n) is 8.15. The van der Waals surface area contributed by atoms with Crippen LogP contribution in [0.2, 0.25) is 0 Å². The minimum atomic E-state index is 0.682. The van der Waals surface area contributed by atoms with E-state index in [2.05, 4.69) is 27.1 Å². The van der Waals surface area contributed by atoms with Crippen molar-refractivity contribution < 1.29 is 0 Å². The first kappa shape index (κ1) is 15.2. The van der Waals surface area contributed by atoms with Crippen molar-refractivity contribution >= 4 is 5.95 Å². The summed E-state index contributed by atoms with van der Waals surface area (Å²) in [6.07, 6.45) is 12.8. The summed E-state index contributed by atoms with van der Waals surface area (Å²) in [5.41, 5.74) is 0. The summed E-state index contributed by atoms with van der Waals surface area (Å²) in [6, 6.07) is 2.55. The molecule has 4 heteroatoms. The lowest BCUT2D eigenvalue weighted by Gasteiger charge is -2.32. The highest BCUT2D eigenvalue weighted by atomic mass is 15.3. The molecule has 0 atom stereocenters. The Morgan fingerprint density at radius 3 is 2.50 bits per heavy atom. The van der Waals surface area contributed by atoms with Crippen molar-refractivity contribution in [1.82, 2.24) is 15.3 Å². The molecule has 20 heavy (non-hydrogen) atoms. The quantitative estimate of drug-likeness (QED) is 0.741. The summed E-state index contributed by atoms with van der Waals surface area (Å²) < 4.78 is 0. The van der Waals surface area contributed by atoms with Crippen LogP contribution in [0.3, 0.4) is 0 Å². The molecule has 1 aliphatic heterocycles. The molecule has 112 valence electrons. The summed E-state index contributed by atoms with van der Waals surface area (Å²) in [6.45, 7) is 5.58. The second-order valence-electron chi connectivity index (χ2n) is 5.68. The van der Waals surface area contributed by atoms with E-state index >= 15 is 0 Å². The molecular weight excluding hydrogens is 248 g/mol. The van der Waals surface area contributed by atoms with Crippen LogP contribution in [0.5, 0.6) is 0 Å². The van der Waals surface area contributed by atoms with Gasteiger partial charge >= 0.3 is 0 Å². The van der Waals surface area contributed by atoms with Crippen molar-refractivity contribution in [3.05, 3.63) is 18.5 Å². The zero-order valence-electron chi connectivity index (χ0n) is 12.7. The van der Waals surface area contributed by atoms with Gasteiger partial charge < -0.3 is 10.2 Å². The van der Waals surface area contributed by atoms with Crippen LogP contribution in [0.1, 0.15) is 51.9 Å². The molecule has 2 heterocycles. The molecule has 1 aromatic heterocycles. The van der Waals surface area contributed by atoms with Crippen molar-refractivity contribution in [2.24, 2.45) is 0 Å². The van der Waals surface area contributed by atoms with Crippen LogP contribution in [0.4, 0.5) is 5.95 Å². The van der Waals surface area contributed by atoms with Gasteiger partial charge in [-0.1, -0.05) is 32.6 Å². The molecule has 1 fully saturated rings. The van der Waals surface area contributed by atoms with E-state index in [4.69, 9.17) is 0 Å². The third kappa shape index (κ3) is 5.08. The number of nitrogens with one attached hydrogen (secondary N) is 1. The molecule has 0 aromatic carbocycles. The molecule has 0 amide bonds. The Morgan fingerprint density at radius 1 is 1.10 bits per heavy atom. The highest BCUT2D eigenvalue weighted by Gasteiger charge is 2.19. The number of aromatic nitrogens is 2. The highest BCUT2D eigenvalue weighted by molar-refractivity contribution is 5.29. The molecule has 0 spiro atoms. The van der Waals surface area contributed by atoms with Gasteiger partial charge in [0, 0.05) is 31.5 Å². The Labute approximate surface area is 123 Å². The Bertz CT molecular complexity index is 347. The smallest absolute Gasteiger partial charge is 0.225 e. The summed E-state index contributed by atoms with van der Waals surface area (Å²) in [4.78, 5) is 10.9. The summed E-state index contributed by atoms with van der Waals surface area (Å²) in [7, 11) is 0. The maximum atomic E-state index is 4.33. The third-order valence-corrected chi connectivity index (χ3v) is 4.04. The minimum Gasteiger partial charge on any atom is -0.341 e. The van der Waals surface area contributed by atoms with Crippen LogP contribution in [0.25, 0.3) is 0 Å². The van der Waals surface area contributed by atoms with Crippen molar-refractivity contribution in [1.29, 1.82) is 0 Å². The predicted octanol–water partition coefficient (Wildman–Crippen LogP) is 3.01. The van der Waals surface area contributed by atoms with Gasteiger partial charge in [0.1, 0.15) is 0 Å². The van der Waals surface area contributed by atoms with E-state index in [0.29, 0.717) is 6.04 Å². The second kappa shape index (κ2) is 8.90. The molecule has 0 aliphatic carbocycles.